The van der Waals surface area contributed by atoms with Crippen LogP contribution in [0.3, 0.4) is 0 Å². The van der Waals surface area contributed by atoms with Crippen LogP contribution in [0.15, 0.2) is 0 Å². The summed E-state index contributed by atoms with van der Waals surface area (Å²) in [4.78, 5) is 10.5. The molecular weight excluding hydrogens is 174 g/mol. The standard InChI is InChI=1S/C8H15NO2.H2S/c9-7(8(10)11)6-4-2-1-3-5-6;/h6-7H,1-5,9H2,(H,10,11);1H2. The first-order valence-electron chi connectivity index (χ1n) is 4.20. The molecule has 0 saturated heterocycles. The Morgan fingerprint density at radius 1 is 1.33 bits per heavy atom. The Labute approximate surface area is 79.8 Å². The third kappa shape index (κ3) is 3.03. The largest absolute Gasteiger partial charge is 0.480 e. The Balaban J connectivity index is 0.00000121. The molecule has 1 atom stereocenters. The highest BCUT2D eigenvalue weighted by atomic mass is 32.1. The molecular formula is C8H17NO2S. The molecule has 1 saturated carbocycles. The van der Waals surface area contributed by atoms with Crippen molar-refractivity contribution in [2.45, 2.75) is 38.1 Å². The minimum absolute atomic E-state index is 0. The van der Waals surface area contributed by atoms with Crippen molar-refractivity contribution in [3.63, 3.8) is 0 Å². The van der Waals surface area contributed by atoms with Crippen LogP contribution >= 0.6 is 13.5 Å². The summed E-state index contributed by atoms with van der Waals surface area (Å²) in [5, 5.41) is 8.61. The van der Waals surface area contributed by atoms with E-state index < -0.39 is 12.0 Å². The third-order valence-corrected chi connectivity index (χ3v) is 2.44. The maximum absolute atomic E-state index is 10.5. The van der Waals surface area contributed by atoms with E-state index in [9.17, 15) is 4.79 Å². The van der Waals surface area contributed by atoms with E-state index in [1.807, 2.05) is 0 Å². The van der Waals surface area contributed by atoms with Gasteiger partial charge in [0.1, 0.15) is 6.04 Å². The summed E-state index contributed by atoms with van der Waals surface area (Å²) < 4.78 is 0. The molecule has 3 nitrogen and oxygen atoms in total. The van der Waals surface area contributed by atoms with Gasteiger partial charge in [0.25, 0.3) is 0 Å². The summed E-state index contributed by atoms with van der Waals surface area (Å²) in [5.74, 6) is -0.627. The zero-order valence-corrected chi connectivity index (χ0v) is 8.12. The number of nitrogens with two attached hydrogens (primary N) is 1. The summed E-state index contributed by atoms with van der Waals surface area (Å²) in [6.07, 6.45) is 5.51. The van der Waals surface area contributed by atoms with Crippen molar-refractivity contribution in [2.24, 2.45) is 11.7 Å². The van der Waals surface area contributed by atoms with Crippen LogP contribution in [0.1, 0.15) is 32.1 Å². The maximum Gasteiger partial charge on any atom is 0.320 e. The molecule has 0 heterocycles. The fourth-order valence-electron chi connectivity index (χ4n) is 1.69. The topological polar surface area (TPSA) is 63.3 Å². The lowest BCUT2D eigenvalue weighted by Crippen LogP contribution is -2.38. The molecule has 0 aromatic carbocycles. The first-order chi connectivity index (χ1) is 5.22. The quantitative estimate of drug-likeness (QED) is 0.687. The molecule has 1 aliphatic carbocycles. The number of aliphatic carboxylic acids is 1. The molecule has 1 aliphatic rings. The summed E-state index contributed by atoms with van der Waals surface area (Å²) in [6, 6.07) is -0.629. The van der Waals surface area contributed by atoms with Crippen molar-refractivity contribution in [1.29, 1.82) is 0 Å². The molecule has 0 radical (unpaired) electrons. The Bertz CT molecular complexity index is 146. The molecule has 4 heteroatoms. The van der Waals surface area contributed by atoms with Gasteiger partial charge in [-0.1, -0.05) is 19.3 Å². The minimum atomic E-state index is -0.850. The third-order valence-electron chi connectivity index (χ3n) is 2.44. The van der Waals surface area contributed by atoms with E-state index in [-0.39, 0.29) is 19.4 Å². The molecule has 0 aliphatic heterocycles. The van der Waals surface area contributed by atoms with Crippen molar-refractivity contribution in [3.8, 4) is 0 Å². The van der Waals surface area contributed by atoms with E-state index in [4.69, 9.17) is 10.8 Å². The molecule has 0 bridgehead atoms. The molecule has 0 amide bonds. The molecule has 1 rings (SSSR count). The van der Waals surface area contributed by atoms with Gasteiger partial charge in [-0.25, -0.2) is 0 Å². The Hall–Kier alpha value is -0.220. The fraction of sp³-hybridized carbons (Fsp3) is 0.875. The average Bonchev–Trinajstić information content (AvgIpc) is 2.05. The maximum atomic E-state index is 10.5. The van der Waals surface area contributed by atoms with E-state index in [0.717, 1.165) is 25.7 Å². The van der Waals surface area contributed by atoms with Crippen molar-refractivity contribution in [3.05, 3.63) is 0 Å². The van der Waals surface area contributed by atoms with Crippen LogP contribution in [-0.2, 0) is 4.79 Å². The number of carboxylic acid groups (broad SMARTS) is 1. The summed E-state index contributed by atoms with van der Waals surface area (Å²) in [7, 11) is 0. The second-order valence-corrected chi connectivity index (χ2v) is 3.26. The van der Waals surface area contributed by atoms with Crippen molar-refractivity contribution in [2.75, 3.05) is 0 Å². The molecule has 12 heavy (non-hydrogen) atoms. The van der Waals surface area contributed by atoms with Gasteiger partial charge in [0.05, 0.1) is 0 Å². The van der Waals surface area contributed by atoms with Gasteiger partial charge in [0.2, 0.25) is 0 Å². The number of hydrogen-bond donors (Lipinski definition) is 2. The van der Waals surface area contributed by atoms with E-state index in [1.165, 1.54) is 6.42 Å². The van der Waals surface area contributed by atoms with Crippen molar-refractivity contribution >= 4 is 19.5 Å². The second-order valence-electron chi connectivity index (χ2n) is 3.26. The molecule has 0 spiro atoms. The van der Waals surface area contributed by atoms with Crippen LogP contribution < -0.4 is 5.73 Å². The smallest absolute Gasteiger partial charge is 0.320 e. The zero-order valence-electron chi connectivity index (χ0n) is 7.12. The number of rotatable bonds is 2. The molecule has 1 fully saturated rings. The Morgan fingerprint density at radius 3 is 2.25 bits per heavy atom. The average molecular weight is 191 g/mol. The zero-order chi connectivity index (χ0) is 8.27. The molecule has 3 N–H and O–H groups in total. The van der Waals surface area contributed by atoms with E-state index >= 15 is 0 Å². The SMILES string of the molecule is NC(C(=O)O)C1CCCCC1.S. The normalized spacial score (nSPS) is 21.1. The van der Waals surface area contributed by atoms with Gasteiger partial charge in [0, 0.05) is 0 Å². The van der Waals surface area contributed by atoms with Gasteiger partial charge in [0.15, 0.2) is 0 Å². The minimum Gasteiger partial charge on any atom is -0.480 e. The van der Waals surface area contributed by atoms with Gasteiger partial charge in [-0.15, -0.1) is 0 Å². The summed E-state index contributed by atoms with van der Waals surface area (Å²) in [5.41, 5.74) is 5.49. The van der Waals surface area contributed by atoms with E-state index in [0.29, 0.717) is 0 Å². The molecule has 0 aromatic heterocycles. The predicted octanol–water partition coefficient (Wildman–Crippen LogP) is 1.09. The van der Waals surface area contributed by atoms with Gasteiger partial charge >= 0.3 is 5.97 Å². The van der Waals surface area contributed by atoms with Crippen LogP contribution in [0.2, 0.25) is 0 Å². The highest BCUT2D eigenvalue weighted by Gasteiger charge is 2.25. The van der Waals surface area contributed by atoms with Crippen molar-refractivity contribution < 1.29 is 9.90 Å². The highest BCUT2D eigenvalue weighted by Crippen LogP contribution is 2.25. The lowest BCUT2D eigenvalue weighted by molar-refractivity contribution is -0.140. The van der Waals surface area contributed by atoms with Gasteiger partial charge in [-0.2, -0.15) is 13.5 Å². The lowest BCUT2D eigenvalue weighted by Gasteiger charge is -2.24. The fourth-order valence-corrected chi connectivity index (χ4v) is 1.69. The summed E-state index contributed by atoms with van der Waals surface area (Å²) in [6.45, 7) is 0. The van der Waals surface area contributed by atoms with E-state index in [2.05, 4.69) is 0 Å². The number of hydrogen-bond acceptors (Lipinski definition) is 2. The van der Waals surface area contributed by atoms with Crippen LogP contribution in [-0.4, -0.2) is 17.1 Å². The van der Waals surface area contributed by atoms with Crippen molar-refractivity contribution in [1.82, 2.24) is 0 Å². The van der Waals surface area contributed by atoms with E-state index in [1.54, 1.807) is 0 Å². The molecule has 1 unspecified atom stereocenters. The van der Waals surface area contributed by atoms with Gasteiger partial charge in [-0.3, -0.25) is 4.79 Å². The van der Waals surface area contributed by atoms with Crippen LogP contribution in [0.25, 0.3) is 0 Å². The van der Waals surface area contributed by atoms with Gasteiger partial charge < -0.3 is 10.8 Å². The first kappa shape index (κ1) is 11.8. The van der Waals surface area contributed by atoms with Crippen LogP contribution in [0.4, 0.5) is 0 Å². The monoisotopic (exact) mass is 191 g/mol. The Kier molecular flexibility index (Phi) is 5.33. The highest BCUT2D eigenvalue weighted by molar-refractivity contribution is 7.59. The summed E-state index contributed by atoms with van der Waals surface area (Å²) >= 11 is 0. The predicted molar refractivity (Wildman–Crippen MR) is 52.6 cm³/mol. The molecule has 0 aromatic rings. The number of carbonyl (C=O) groups is 1. The van der Waals surface area contributed by atoms with Gasteiger partial charge in [-0.05, 0) is 18.8 Å². The first-order valence-corrected chi connectivity index (χ1v) is 4.20. The Morgan fingerprint density at radius 2 is 1.83 bits per heavy atom. The number of carboxylic acids is 1. The van der Waals surface area contributed by atoms with Crippen LogP contribution in [0, 0.1) is 5.92 Å². The second kappa shape index (κ2) is 5.43. The lowest BCUT2D eigenvalue weighted by atomic mass is 9.84. The molecule has 72 valence electrons. The van der Waals surface area contributed by atoms with Crippen LogP contribution in [0.5, 0.6) is 0 Å².